The van der Waals surface area contributed by atoms with Gasteiger partial charge in [-0.05, 0) is 19.8 Å². The molecule has 0 radical (unpaired) electrons. The van der Waals surface area contributed by atoms with E-state index in [9.17, 15) is 8.42 Å². The van der Waals surface area contributed by atoms with Gasteiger partial charge in [0.05, 0.1) is 17.9 Å². The minimum absolute atomic E-state index is 0.00197. The fourth-order valence-electron chi connectivity index (χ4n) is 2.40. The van der Waals surface area contributed by atoms with E-state index in [1.54, 1.807) is 4.31 Å². The van der Waals surface area contributed by atoms with Crippen LogP contribution in [0.2, 0.25) is 0 Å². The molecule has 88 valence electrons. The highest BCUT2D eigenvalue weighted by atomic mass is 32.2. The molecule has 1 aliphatic carbocycles. The van der Waals surface area contributed by atoms with Crippen LogP contribution in [0, 0.1) is 0 Å². The Hall–Kier alpha value is -0.170. The van der Waals surface area contributed by atoms with Crippen molar-refractivity contribution in [1.82, 2.24) is 4.31 Å². The molecule has 15 heavy (non-hydrogen) atoms. The van der Waals surface area contributed by atoms with Gasteiger partial charge in [-0.15, -0.1) is 0 Å². The first-order chi connectivity index (χ1) is 7.06. The van der Waals surface area contributed by atoms with E-state index in [0.717, 1.165) is 6.42 Å². The summed E-state index contributed by atoms with van der Waals surface area (Å²) in [7, 11) is -3.06. The van der Waals surface area contributed by atoms with Gasteiger partial charge in [-0.25, -0.2) is 8.42 Å². The fraction of sp³-hybridized carbons (Fsp3) is 1.00. The highest BCUT2D eigenvalue weighted by molar-refractivity contribution is 7.89. The van der Waals surface area contributed by atoms with Crippen LogP contribution >= 0.6 is 0 Å². The number of hydrogen-bond donors (Lipinski definition) is 1. The lowest BCUT2D eigenvalue weighted by molar-refractivity contribution is -0.0551. The lowest BCUT2D eigenvalue weighted by Gasteiger charge is -2.46. The summed E-state index contributed by atoms with van der Waals surface area (Å²) in [4.78, 5) is 0. The van der Waals surface area contributed by atoms with Crippen LogP contribution < -0.4 is 5.73 Å². The fourth-order valence-corrected chi connectivity index (χ4v) is 4.20. The van der Waals surface area contributed by atoms with Crippen LogP contribution in [-0.4, -0.2) is 49.8 Å². The number of nitrogens with two attached hydrogens (primary N) is 1. The Bertz CT molecular complexity index is 328. The lowest BCUT2D eigenvalue weighted by atomic mass is 9.83. The molecule has 5 nitrogen and oxygen atoms in total. The zero-order valence-electron chi connectivity index (χ0n) is 8.93. The van der Waals surface area contributed by atoms with Crippen LogP contribution in [0.4, 0.5) is 0 Å². The largest absolute Gasteiger partial charge is 0.377 e. The molecule has 2 N–H and O–H groups in total. The van der Waals surface area contributed by atoms with Crippen molar-refractivity contribution in [3.8, 4) is 0 Å². The average molecular weight is 234 g/mol. The number of hydrogen-bond acceptors (Lipinski definition) is 4. The summed E-state index contributed by atoms with van der Waals surface area (Å²) in [6.07, 6.45) is 1.48. The van der Waals surface area contributed by atoms with Crippen LogP contribution in [0.25, 0.3) is 0 Å². The van der Waals surface area contributed by atoms with E-state index < -0.39 is 10.0 Å². The predicted octanol–water partition coefficient (Wildman–Crippen LogP) is -0.473. The van der Waals surface area contributed by atoms with E-state index in [-0.39, 0.29) is 23.9 Å². The van der Waals surface area contributed by atoms with Crippen LogP contribution in [0.1, 0.15) is 19.8 Å². The molecule has 1 heterocycles. The monoisotopic (exact) mass is 234 g/mol. The zero-order valence-corrected chi connectivity index (χ0v) is 9.74. The summed E-state index contributed by atoms with van der Waals surface area (Å²) >= 11 is 0. The minimum atomic E-state index is -3.06. The molecule has 2 fully saturated rings. The smallest absolute Gasteiger partial charge is 0.214 e. The predicted molar refractivity (Wildman–Crippen MR) is 56.9 cm³/mol. The van der Waals surface area contributed by atoms with Gasteiger partial charge in [-0.3, -0.25) is 0 Å². The van der Waals surface area contributed by atoms with E-state index in [0.29, 0.717) is 19.6 Å². The number of rotatable bonds is 3. The van der Waals surface area contributed by atoms with Crippen molar-refractivity contribution in [2.75, 3.05) is 18.9 Å². The molecule has 1 aliphatic heterocycles. The lowest BCUT2D eigenvalue weighted by Crippen LogP contribution is -2.65. The summed E-state index contributed by atoms with van der Waals surface area (Å²) in [5, 5.41) is 0. The van der Waals surface area contributed by atoms with Crippen molar-refractivity contribution in [3.05, 3.63) is 0 Å². The second-order valence-corrected chi connectivity index (χ2v) is 6.21. The Kier molecular flexibility index (Phi) is 3.03. The second-order valence-electron chi connectivity index (χ2n) is 4.16. The Morgan fingerprint density at radius 3 is 2.73 bits per heavy atom. The number of nitrogens with zero attached hydrogens (tertiary/aromatic N) is 1. The van der Waals surface area contributed by atoms with E-state index in [1.165, 1.54) is 0 Å². The van der Waals surface area contributed by atoms with Gasteiger partial charge in [0, 0.05) is 19.2 Å². The molecule has 3 atom stereocenters. The molecule has 2 rings (SSSR count). The summed E-state index contributed by atoms with van der Waals surface area (Å²) in [6, 6.07) is -0.188. The maximum atomic E-state index is 11.7. The topological polar surface area (TPSA) is 72.6 Å². The van der Waals surface area contributed by atoms with Gasteiger partial charge >= 0.3 is 0 Å². The van der Waals surface area contributed by atoms with Crippen LogP contribution in [0.3, 0.4) is 0 Å². The van der Waals surface area contributed by atoms with E-state index in [1.807, 2.05) is 6.92 Å². The molecule has 0 bridgehead atoms. The van der Waals surface area contributed by atoms with Crippen molar-refractivity contribution >= 4 is 10.0 Å². The van der Waals surface area contributed by atoms with Crippen molar-refractivity contribution in [2.45, 2.75) is 38.0 Å². The maximum absolute atomic E-state index is 11.7. The van der Waals surface area contributed by atoms with Crippen LogP contribution in [-0.2, 0) is 14.8 Å². The molecule has 6 heteroatoms. The van der Waals surface area contributed by atoms with Crippen molar-refractivity contribution in [3.63, 3.8) is 0 Å². The Labute approximate surface area is 90.6 Å². The molecule has 0 aromatic rings. The molecule has 2 aliphatic rings. The first kappa shape index (κ1) is 11.3. The molecular weight excluding hydrogens is 216 g/mol. The molecule has 0 amide bonds. The second kappa shape index (κ2) is 4.01. The molecule has 0 spiro atoms. The van der Waals surface area contributed by atoms with Gasteiger partial charge in [-0.1, -0.05) is 0 Å². The standard InChI is InChI=1S/C9H18N2O3S/c1-2-14-8-6-7(10)9(8)11-4-3-5-15(11,12)13/h7-9H,2-6,10H2,1H3. The normalized spacial score (nSPS) is 40.3. The summed E-state index contributed by atoms with van der Waals surface area (Å²) in [5.74, 6) is 0.259. The van der Waals surface area contributed by atoms with Gasteiger partial charge in [0.2, 0.25) is 10.0 Å². The Balaban J connectivity index is 2.09. The molecule has 0 aromatic heterocycles. The minimum Gasteiger partial charge on any atom is -0.377 e. The Morgan fingerprint density at radius 2 is 2.27 bits per heavy atom. The van der Waals surface area contributed by atoms with E-state index in [2.05, 4.69) is 0 Å². The van der Waals surface area contributed by atoms with Crippen molar-refractivity contribution in [1.29, 1.82) is 0 Å². The third kappa shape index (κ3) is 1.91. The zero-order chi connectivity index (χ0) is 11.1. The highest BCUT2D eigenvalue weighted by Gasteiger charge is 2.48. The highest BCUT2D eigenvalue weighted by Crippen LogP contribution is 2.32. The molecular formula is C9H18N2O3S. The van der Waals surface area contributed by atoms with Gasteiger partial charge < -0.3 is 10.5 Å². The third-order valence-corrected chi connectivity index (χ3v) is 5.12. The molecule has 0 aromatic carbocycles. The third-order valence-electron chi connectivity index (χ3n) is 3.18. The average Bonchev–Trinajstić information content (AvgIpc) is 2.46. The summed E-state index contributed by atoms with van der Waals surface area (Å²) < 4.78 is 30.4. The number of sulfonamides is 1. The van der Waals surface area contributed by atoms with Crippen LogP contribution in [0.5, 0.6) is 0 Å². The van der Waals surface area contributed by atoms with Crippen molar-refractivity contribution < 1.29 is 13.2 Å². The van der Waals surface area contributed by atoms with E-state index >= 15 is 0 Å². The quantitative estimate of drug-likeness (QED) is 0.716. The number of ether oxygens (including phenoxy) is 1. The maximum Gasteiger partial charge on any atom is 0.214 e. The molecule has 1 saturated carbocycles. The van der Waals surface area contributed by atoms with Crippen LogP contribution in [0.15, 0.2) is 0 Å². The van der Waals surface area contributed by atoms with E-state index in [4.69, 9.17) is 10.5 Å². The summed E-state index contributed by atoms with van der Waals surface area (Å²) in [5.41, 5.74) is 5.86. The van der Waals surface area contributed by atoms with Gasteiger partial charge in [-0.2, -0.15) is 4.31 Å². The van der Waals surface area contributed by atoms with Crippen molar-refractivity contribution in [2.24, 2.45) is 5.73 Å². The molecule has 1 saturated heterocycles. The first-order valence-electron chi connectivity index (χ1n) is 5.43. The summed E-state index contributed by atoms with van der Waals surface area (Å²) in [6.45, 7) is 3.13. The molecule has 3 unspecified atom stereocenters. The first-order valence-corrected chi connectivity index (χ1v) is 7.04. The Morgan fingerprint density at radius 1 is 1.53 bits per heavy atom. The van der Waals surface area contributed by atoms with Gasteiger partial charge in [0.25, 0.3) is 0 Å². The SMILES string of the molecule is CCOC1CC(N)C1N1CCCS1(=O)=O. The van der Waals surface area contributed by atoms with Gasteiger partial charge in [0.15, 0.2) is 0 Å². The van der Waals surface area contributed by atoms with Gasteiger partial charge in [0.1, 0.15) is 0 Å².